The van der Waals surface area contributed by atoms with Gasteiger partial charge in [-0.2, -0.15) is 0 Å². The highest BCUT2D eigenvalue weighted by atomic mass is 16.6. The van der Waals surface area contributed by atoms with Crippen molar-refractivity contribution >= 4 is 5.91 Å². The van der Waals surface area contributed by atoms with Crippen molar-refractivity contribution in [1.29, 1.82) is 0 Å². The summed E-state index contributed by atoms with van der Waals surface area (Å²) in [5, 5.41) is 3.31. The van der Waals surface area contributed by atoms with E-state index in [1.165, 1.54) is 0 Å². The molecule has 2 heterocycles. The molecule has 0 radical (unpaired) electrons. The maximum absolute atomic E-state index is 12.6. The van der Waals surface area contributed by atoms with E-state index >= 15 is 0 Å². The molecule has 0 aliphatic carbocycles. The monoisotopic (exact) mass is 304 g/mol. The van der Waals surface area contributed by atoms with Gasteiger partial charge in [-0.1, -0.05) is 12.1 Å². The van der Waals surface area contributed by atoms with E-state index in [1.54, 1.807) is 0 Å². The number of carbonyl (C=O) groups is 1. The minimum Gasteiger partial charge on any atom is -0.486 e. The Labute approximate surface area is 131 Å². The van der Waals surface area contributed by atoms with Gasteiger partial charge < -0.3 is 19.7 Å². The summed E-state index contributed by atoms with van der Waals surface area (Å²) in [6, 6.07) is 7.67. The summed E-state index contributed by atoms with van der Waals surface area (Å²) in [5.41, 5.74) is 0. The topological polar surface area (TPSA) is 50.8 Å². The van der Waals surface area contributed by atoms with Crippen LogP contribution in [-0.4, -0.2) is 49.7 Å². The van der Waals surface area contributed by atoms with Crippen LogP contribution in [0.25, 0.3) is 0 Å². The van der Waals surface area contributed by atoms with Crippen LogP contribution in [-0.2, 0) is 4.79 Å². The zero-order valence-electron chi connectivity index (χ0n) is 13.1. The van der Waals surface area contributed by atoms with E-state index in [0.29, 0.717) is 19.7 Å². The molecule has 1 saturated heterocycles. The maximum atomic E-state index is 12.6. The number of hydrogen-bond acceptors (Lipinski definition) is 4. The SMILES string of the molecule is CCN(CC1COc2ccccc2O1)C(=O)[C@@H]1CCCNC1. The van der Waals surface area contributed by atoms with Crippen molar-refractivity contribution in [2.24, 2.45) is 5.92 Å². The number of hydrogen-bond donors (Lipinski definition) is 1. The molecule has 2 aliphatic heterocycles. The lowest BCUT2D eigenvalue weighted by molar-refractivity contribution is -0.137. The third kappa shape index (κ3) is 3.35. The van der Waals surface area contributed by atoms with Crippen LogP contribution in [0.2, 0.25) is 0 Å². The third-order valence-corrected chi connectivity index (χ3v) is 4.33. The van der Waals surface area contributed by atoms with Crippen molar-refractivity contribution in [1.82, 2.24) is 10.2 Å². The van der Waals surface area contributed by atoms with Crippen LogP contribution in [0.4, 0.5) is 0 Å². The first kappa shape index (κ1) is 15.2. The Morgan fingerprint density at radius 2 is 2.18 bits per heavy atom. The molecule has 0 bridgehead atoms. The van der Waals surface area contributed by atoms with E-state index in [9.17, 15) is 4.79 Å². The lowest BCUT2D eigenvalue weighted by Gasteiger charge is -2.33. The summed E-state index contributed by atoms with van der Waals surface area (Å²) in [6.45, 7) is 5.61. The Morgan fingerprint density at radius 3 is 2.91 bits per heavy atom. The van der Waals surface area contributed by atoms with Crippen LogP contribution in [0.5, 0.6) is 11.5 Å². The fraction of sp³-hybridized carbons (Fsp3) is 0.588. The Morgan fingerprint density at radius 1 is 1.36 bits per heavy atom. The van der Waals surface area contributed by atoms with Gasteiger partial charge in [0.05, 0.1) is 12.5 Å². The number of para-hydroxylation sites is 2. The van der Waals surface area contributed by atoms with E-state index < -0.39 is 0 Å². The predicted octanol–water partition coefficient (Wildman–Crippen LogP) is 1.67. The molecular formula is C17H24N2O3. The van der Waals surface area contributed by atoms with Crippen LogP contribution in [0, 0.1) is 5.92 Å². The molecule has 0 saturated carbocycles. The number of nitrogens with one attached hydrogen (secondary N) is 1. The number of likely N-dealkylation sites (N-methyl/N-ethyl adjacent to an activating group) is 1. The van der Waals surface area contributed by atoms with Gasteiger partial charge in [0.2, 0.25) is 5.91 Å². The lowest BCUT2D eigenvalue weighted by atomic mass is 9.98. The van der Waals surface area contributed by atoms with Gasteiger partial charge in [0.25, 0.3) is 0 Å². The summed E-state index contributed by atoms with van der Waals surface area (Å²) >= 11 is 0. The van der Waals surface area contributed by atoms with Gasteiger partial charge >= 0.3 is 0 Å². The average molecular weight is 304 g/mol. The van der Waals surface area contributed by atoms with Crippen molar-refractivity contribution in [2.75, 3.05) is 32.8 Å². The van der Waals surface area contributed by atoms with Crippen molar-refractivity contribution in [3.8, 4) is 11.5 Å². The minimum atomic E-state index is -0.102. The largest absolute Gasteiger partial charge is 0.486 e. The number of rotatable bonds is 4. The lowest BCUT2D eigenvalue weighted by Crippen LogP contribution is -2.48. The fourth-order valence-electron chi connectivity index (χ4n) is 3.09. The molecule has 1 unspecified atom stereocenters. The molecule has 1 aromatic rings. The first-order valence-electron chi connectivity index (χ1n) is 8.16. The number of piperidine rings is 1. The third-order valence-electron chi connectivity index (χ3n) is 4.33. The second kappa shape index (κ2) is 7.01. The van der Waals surface area contributed by atoms with Gasteiger partial charge in [0, 0.05) is 13.1 Å². The zero-order chi connectivity index (χ0) is 15.4. The van der Waals surface area contributed by atoms with Gasteiger partial charge in [-0.15, -0.1) is 0 Å². The maximum Gasteiger partial charge on any atom is 0.227 e. The molecule has 5 heteroatoms. The molecule has 0 aromatic heterocycles. The molecule has 1 amide bonds. The summed E-state index contributed by atoms with van der Waals surface area (Å²) in [6.07, 6.45) is 1.95. The smallest absolute Gasteiger partial charge is 0.227 e. The number of amides is 1. The number of fused-ring (bicyclic) bond motifs is 1. The molecule has 0 spiro atoms. The standard InChI is InChI=1S/C17H24N2O3/c1-2-19(17(20)13-6-5-9-18-10-13)11-14-12-21-15-7-3-4-8-16(15)22-14/h3-4,7-8,13-14,18H,2,5-6,9-12H2,1H3/t13-,14?/m1/s1. The number of nitrogens with zero attached hydrogens (tertiary/aromatic N) is 1. The summed E-state index contributed by atoms with van der Waals surface area (Å²) < 4.78 is 11.7. The van der Waals surface area contributed by atoms with Crippen LogP contribution in [0.1, 0.15) is 19.8 Å². The molecule has 2 aliphatic rings. The molecule has 5 nitrogen and oxygen atoms in total. The van der Waals surface area contributed by atoms with Crippen molar-refractivity contribution < 1.29 is 14.3 Å². The van der Waals surface area contributed by atoms with Crippen LogP contribution >= 0.6 is 0 Å². The Kier molecular flexibility index (Phi) is 4.83. The second-order valence-electron chi connectivity index (χ2n) is 5.92. The highest BCUT2D eigenvalue weighted by molar-refractivity contribution is 5.79. The van der Waals surface area contributed by atoms with Gasteiger partial charge in [0.15, 0.2) is 17.6 Å². The van der Waals surface area contributed by atoms with E-state index in [0.717, 1.165) is 37.4 Å². The highest BCUT2D eigenvalue weighted by Crippen LogP contribution is 2.31. The first-order chi connectivity index (χ1) is 10.8. The molecule has 22 heavy (non-hydrogen) atoms. The van der Waals surface area contributed by atoms with E-state index in [1.807, 2.05) is 36.1 Å². The van der Waals surface area contributed by atoms with Crippen molar-refractivity contribution in [3.05, 3.63) is 24.3 Å². The number of benzene rings is 1. The van der Waals surface area contributed by atoms with E-state index in [-0.39, 0.29) is 17.9 Å². The molecule has 2 atom stereocenters. The number of carbonyl (C=O) groups excluding carboxylic acids is 1. The van der Waals surface area contributed by atoms with Gasteiger partial charge in [-0.25, -0.2) is 0 Å². The second-order valence-corrected chi connectivity index (χ2v) is 5.92. The van der Waals surface area contributed by atoms with Gasteiger partial charge in [-0.3, -0.25) is 4.79 Å². The van der Waals surface area contributed by atoms with Crippen LogP contribution < -0.4 is 14.8 Å². The quantitative estimate of drug-likeness (QED) is 0.919. The normalized spacial score (nSPS) is 23.9. The molecule has 1 aromatic carbocycles. The summed E-state index contributed by atoms with van der Waals surface area (Å²) in [5.74, 6) is 1.88. The molecule has 3 rings (SSSR count). The first-order valence-corrected chi connectivity index (χ1v) is 8.16. The zero-order valence-corrected chi connectivity index (χ0v) is 13.1. The van der Waals surface area contributed by atoms with Crippen LogP contribution in [0.3, 0.4) is 0 Å². The molecule has 1 fully saturated rings. The summed E-state index contributed by atoms with van der Waals surface area (Å²) in [4.78, 5) is 14.5. The van der Waals surface area contributed by atoms with Crippen molar-refractivity contribution in [2.45, 2.75) is 25.9 Å². The predicted molar refractivity (Wildman–Crippen MR) is 84.2 cm³/mol. The fourth-order valence-corrected chi connectivity index (χ4v) is 3.09. The molecule has 120 valence electrons. The Balaban J connectivity index is 1.60. The van der Waals surface area contributed by atoms with Gasteiger partial charge in [0.1, 0.15) is 6.61 Å². The molecule has 1 N–H and O–H groups in total. The summed E-state index contributed by atoms with van der Waals surface area (Å²) in [7, 11) is 0. The number of ether oxygens (including phenoxy) is 2. The van der Waals surface area contributed by atoms with Crippen LogP contribution in [0.15, 0.2) is 24.3 Å². The molecular weight excluding hydrogens is 280 g/mol. The van der Waals surface area contributed by atoms with E-state index in [2.05, 4.69) is 5.32 Å². The Hall–Kier alpha value is -1.75. The minimum absolute atomic E-state index is 0.102. The van der Waals surface area contributed by atoms with Gasteiger partial charge in [-0.05, 0) is 38.4 Å². The van der Waals surface area contributed by atoms with E-state index in [4.69, 9.17) is 9.47 Å². The Bertz CT molecular complexity index is 514. The average Bonchev–Trinajstić information content (AvgIpc) is 2.59. The van der Waals surface area contributed by atoms with Crippen molar-refractivity contribution in [3.63, 3.8) is 0 Å². The highest BCUT2D eigenvalue weighted by Gasteiger charge is 2.29.